The lowest BCUT2D eigenvalue weighted by Crippen LogP contribution is -2.42. The van der Waals surface area contributed by atoms with E-state index < -0.39 is 0 Å². The Morgan fingerprint density at radius 2 is 1.76 bits per heavy atom. The van der Waals surface area contributed by atoms with Crippen molar-refractivity contribution in [2.75, 3.05) is 13.2 Å². The molecule has 0 spiro atoms. The van der Waals surface area contributed by atoms with Gasteiger partial charge in [-0.15, -0.1) is 0 Å². The molecular weight excluding hydrogens is 473 g/mol. The highest BCUT2D eigenvalue weighted by Crippen LogP contribution is 2.18. The number of unbranched alkanes of at least 4 members (excludes halogenated alkanes) is 1. The van der Waals surface area contributed by atoms with Gasteiger partial charge in [-0.05, 0) is 77.6 Å². The van der Waals surface area contributed by atoms with E-state index in [0.29, 0.717) is 12.5 Å². The number of ether oxygens (including phenoxy) is 1. The fraction of sp³-hybridized carbons (Fsp3) is 0.400. The van der Waals surface area contributed by atoms with Crippen molar-refractivity contribution < 1.29 is 9.53 Å². The summed E-state index contributed by atoms with van der Waals surface area (Å²) in [5, 5.41) is 0. The molecular formula is C25H32INO2. The van der Waals surface area contributed by atoms with Crippen molar-refractivity contribution in [3.8, 4) is 0 Å². The molecule has 0 aliphatic rings. The Labute approximate surface area is 189 Å². The zero-order valence-corrected chi connectivity index (χ0v) is 19.7. The van der Waals surface area contributed by atoms with E-state index in [4.69, 9.17) is 4.74 Å². The van der Waals surface area contributed by atoms with E-state index in [9.17, 15) is 4.79 Å². The minimum absolute atomic E-state index is 0.178. The van der Waals surface area contributed by atoms with Gasteiger partial charge in [0.15, 0.2) is 0 Å². The van der Waals surface area contributed by atoms with E-state index in [1.54, 1.807) is 0 Å². The maximum atomic E-state index is 11.6. The first-order valence-electron chi connectivity index (χ1n) is 10.3. The van der Waals surface area contributed by atoms with E-state index in [0.717, 1.165) is 32.4 Å². The fourth-order valence-corrected chi connectivity index (χ4v) is 3.78. The predicted octanol–water partition coefficient (Wildman–Crippen LogP) is 5.87. The third-order valence-corrected chi connectivity index (χ3v) is 5.82. The Morgan fingerprint density at radius 3 is 2.38 bits per heavy atom. The number of carbonyl (C=O) groups excluding carboxylic acids is 1. The highest BCUT2D eigenvalue weighted by atomic mass is 127. The molecule has 0 aliphatic carbocycles. The molecule has 0 saturated carbocycles. The van der Waals surface area contributed by atoms with Crippen molar-refractivity contribution in [2.45, 2.75) is 45.7 Å². The normalized spacial score (nSPS) is 12.2. The van der Waals surface area contributed by atoms with Crippen LogP contribution in [0, 0.1) is 9.49 Å². The second kappa shape index (κ2) is 12.8. The lowest BCUT2D eigenvalue weighted by atomic mass is 10.0. The van der Waals surface area contributed by atoms with Gasteiger partial charge in [-0.1, -0.05) is 62.9 Å². The zero-order chi connectivity index (χ0) is 21.1. The molecule has 0 amide bonds. The van der Waals surface area contributed by atoms with Crippen LogP contribution in [0.5, 0.6) is 0 Å². The highest BCUT2D eigenvalue weighted by molar-refractivity contribution is 14.1. The molecule has 0 heterocycles. The molecule has 0 saturated heterocycles. The van der Waals surface area contributed by atoms with Gasteiger partial charge in [0.2, 0.25) is 0 Å². The number of halogens is 1. The Morgan fingerprint density at radius 1 is 1.07 bits per heavy atom. The predicted molar refractivity (Wildman–Crippen MR) is 129 cm³/mol. The molecule has 0 N–H and O–H groups in total. The number of nitrogens with zero attached hydrogens (tertiary/aromatic N) is 1. The number of rotatable bonds is 12. The van der Waals surface area contributed by atoms with Crippen LogP contribution in [0.1, 0.15) is 37.8 Å². The zero-order valence-electron chi connectivity index (χ0n) is 17.5. The van der Waals surface area contributed by atoms with E-state index in [1.165, 1.54) is 20.8 Å². The van der Waals surface area contributed by atoms with Gasteiger partial charge in [0.05, 0.1) is 0 Å². The summed E-state index contributed by atoms with van der Waals surface area (Å²) in [6.07, 6.45) is 4.58. The standard InChI is InChI=1S/C25H32INO2/c1-4-25(28)29-19-24(20(2)3)27(18-22-11-6-5-7-12-22)17-9-8-10-21-13-15-23(26)16-14-21/h4-7,11-16,20,24H,1,8-10,17-19H2,2-3H3/t24-/m1/s1. The van der Waals surface area contributed by atoms with Crippen molar-refractivity contribution in [2.24, 2.45) is 5.92 Å². The molecule has 0 aromatic heterocycles. The smallest absolute Gasteiger partial charge is 0.330 e. The van der Waals surface area contributed by atoms with Gasteiger partial charge in [0.25, 0.3) is 0 Å². The molecule has 0 aliphatic heterocycles. The quantitative estimate of drug-likeness (QED) is 0.156. The molecule has 4 heteroatoms. The summed E-state index contributed by atoms with van der Waals surface area (Å²) in [5.74, 6) is 0.0292. The Kier molecular flexibility index (Phi) is 10.4. The van der Waals surface area contributed by atoms with Gasteiger partial charge >= 0.3 is 5.97 Å². The first kappa shape index (κ1) is 23.6. The maximum absolute atomic E-state index is 11.6. The van der Waals surface area contributed by atoms with Gasteiger partial charge in [0.1, 0.15) is 6.61 Å². The fourth-order valence-electron chi connectivity index (χ4n) is 3.42. The van der Waals surface area contributed by atoms with E-state index in [-0.39, 0.29) is 12.0 Å². The summed E-state index contributed by atoms with van der Waals surface area (Å²) in [5.41, 5.74) is 2.67. The van der Waals surface area contributed by atoms with Crippen LogP contribution in [-0.4, -0.2) is 30.1 Å². The monoisotopic (exact) mass is 505 g/mol. The van der Waals surface area contributed by atoms with Crippen LogP contribution in [0.4, 0.5) is 0 Å². The van der Waals surface area contributed by atoms with Crippen molar-refractivity contribution in [3.63, 3.8) is 0 Å². The van der Waals surface area contributed by atoms with Gasteiger partial charge in [0, 0.05) is 22.2 Å². The van der Waals surface area contributed by atoms with Crippen LogP contribution in [0.15, 0.2) is 67.3 Å². The Hall–Kier alpha value is -1.66. The van der Waals surface area contributed by atoms with E-state index in [1.807, 2.05) is 6.07 Å². The average molecular weight is 505 g/mol. The molecule has 0 unspecified atom stereocenters. The van der Waals surface area contributed by atoms with E-state index >= 15 is 0 Å². The molecule has 3 nitrogen and oxygen atoms in total. The van der Waals surface area contributed by atoms with Crippen LogP contribution in [0.25, 0.3) is 0 Å². The number of aryl methyl sites for hydroxylation is 1. The number of hydrogen-bond donors (Lipinski definition) is 0. The third kappa shape index (κ3) is 8.70. The Bertz CT molecular complexity index is 743. The SMILES string of the molecule is C=CC(=O)OC[C@H](C(C)C)N(CCCCc1ccc(I)cc1)Cc1ccccc1. The summed E-state index contributed by atoms with van der Waals surface area (Å²) in [6, 6.07) is 19.5. The average Bonchev–Trinajstić information content (AvgIpc) is 2.72. The van der Waals surface area contributed by atoms with Gasteiger partial charge in [-0.2, -0.15) is 0 Å². The van der Waals surface area contributed by atoms with Gasteiger partial charge < -0.3 is 4.74 Å². The second-order valence-corrected chi connectivity index (χ2v) is 8.93. The van der Waals surface area contributed by atoms with Crippen LogP contribution < -0.4 is 0 Å². The minimum Gasteiger partial charge on any atom is -0.461 e. The van der Waals surface area contributed by atoms with Crippen LogP contribution in [0.2, 0.25) is 0 Å². The van der Waals surface area contributed by atoms with Crippen molar-refractivity contribution in [1.82, 2.24) is 4.90 Å². The summed E-state index contributed by atoms with van der Waals surface area (Å²) in [7, 11) is 0. The van der Waals surface area contributed by atoms with Crippen LogP contribution in [-0.2, 0) is 22.5 Å². The highest BCUT2D eigenvalue weighted by Gasteiger charge is 2.23. The molecule has 156 valence electrons. The summed E-state index contributed by atoms with van der Waals surface area (Å²) in [6.45, 7) is 10.1. The van der Waals surface area contributed by atoms with Crippen LogP contribution in [0.3, 0.4) is 0 Å². The van der Waals surface area contributed by atoms with E-state index in [2.05, 4.69) is 96.4 Å². The summed E-state index contributed by atoms with van der Waals surface area (Å²) < 4.78 is 6.69. The van der Waals surface area contributed by atoms with Gasteiger partial charge in [-0.3, -0.25) is 4.90 Å². The number of carbonyl (C=O) groups is 1. The third-order valence-electron chi connectivity index (χ3n) is 5.10. The molecule has 29 heavy (non-hydrogen) atoms. The molecule has 0 radical (unpaired) electrons. The molecule has 0 bridgehead atoms. The lowest BCUT2D eigenvalue weighted by Gasteiger charge is -2.34. The number of benzene rings is 2. The first-order valence-corrected chi connectivity index (χ1v) is 11.4. The van der Waals surface area contributed by atoms with Crippen molar-refractivity contribution in [3.05, 3.63) is 81.9 Å². The topological polar surface area (TPSA) is 29.5 Å². The first-order chi connectivity index (χ1) is 14.0. The summed E-state index contributed by atoms with van der Waals surface area (Å²) in [4.78, 5) is 14.1. The molecule has 2 rings (SSSR count). The van der Waals surface area contributed by atoms with Crippen molar-refractivity contribution >= 4 is 28.6 Å². The molecule has 0 fully saturated rings. The molecule has 1 atom stereocenters. The summed E-state index contributed by atoms with van der Waals surface area (Å²) >= 11 is 2.34. The van der Waals surface area contributed by atoms with Crippen molar-refractivity contribution in [1.29, 1.82) is 0 Å². The molecule has 2 aromatic rings. The minimum atomic E-state index is -0.353. The Balaban J connectivity index is 1.99. The van der Waals surface area contributed by atoms with Gasteiger partial charge in [-0.25, -0.2) is 4.79 Å². The largest absolute Gasteiger partial charge is 0.461 e. The molecule has 2 aromatic carbocycles. The number of esters is 1. The lowest BCUT2D eigenvalue weighted by molar-refractivity contribution is -0.140. The van der Waals surface area contributed by atoms with Crippen LogP contribution >= 0.6 is 22.6 Å². The number of hydrogen-bond acceptors (Lipinski definition) is 3. The second-order valence-electron chi connectivity index (χ2n) is 7.69. The maximum Gasteiger partial charge on any atom is 0.330 e.